The van der Waals surface area contributed by atoms with E-state index in [-0.39, 0.29) is 11.5 Å². The Kier molecular flexibility index (Phi) is 5.24. The van der Waals surface area contributed by atoms with Crippen LogP contribution in [0.15, 0.2) is 18.2 Å². The van der Waals surface area contributed by atoms with E-state index in [2.05, 4.69) is 0 Å². The van der Waals surface area contributed by atoms with E-state index in [9.17, 15) is 22.0 Å². The fourth-order valence-corrected chi connectivity index (χ4v) is 2.18. The van der Waals surface area contributed by atoms with Crippen molar-refractivity contribution in [2.45, 2.75) is 51.0 Å². The van der Waals surface area contributed by atoms with Gasteiger partial charge >= 0.3 is 19.2 Å². The van der Waals surface area contributed by atoms with Gasteiger partial charge in [0.05, 0.1) is 18.3 Å². The third kappa shape index (κ3) is 3.90. The number of methoxy groups -OCH3 is 1. The molecular formula is C16H20BF5O4. The third-order valence-corrected chi connectivity index (χ3v) is 4.54. The quantitative estimate of drug-likeness (QED) is 0.577. The summed E-state index contributed by atoms with van der Waals surface area (Å²) in [4.78, 5) is 0. The van der Waals surface area contributed by atoms with Crippen LogP contribution in [-0.2, 0) is 9.31 Å². The summed E-state index contributed by atoms with van der Waals surface area (Å²) in [7, 11) is 0.426. The third-order valence-electron chi connectivity index (χ3n) is 4.54. The van der Waals surface area contributed by atoms with Crippen molar-refractivity contribution in [2.24, 2.45) is 0 Å². The largest absolute Gasteiger partial charge is 0.494 e. The van der Waals surface area contributed by atoms with Gasteiger partial charge in [-0.25, -0.2) is 0 Å². The van der Waals surface area contributed by atoms with Crippen LogP contribution in [0.2, 0.25) is 0 Å². The number of halogens is 5. The van der Waals surface area contributed by atoms with Gasteiger partial charge in [0.25, 0.3) is 0 Å². The number of rotatable bonds is 5. The lowest BCUT2D eigenvalue weighted by atomic mass is 9.79. The van der Waals surface area contributed by atoms with Gasteiger partial charge in [-0.15, -0.1) is 0 Å². The molecule has 0 radical (unpaired) electrons. The molecule has 1 aliphatic heterocycles. The molecule has 1 aliphatic rings. The predicted molar refractivity (Wildman–Crippen MR) is 85.2 cm³/mol. The highest BCUT2D eigenvalue weighted by molar-refractivity contribution is 6.62. The molecule has 0 aliphatic carbocycles. The molecule has 4 nitrogen and oxygen atoms in total. The number of hydrogen-bond acceptors (Lipinski definition) is 4. The summed E-state index contributed by atoms with van der Waals surface area (Å²) in [6, 6.07) is 4.23. The van der Waals surface area contributed by atoms with E-state index in [4.69, 9.17) is 18.8 Å². The predicted octanol–water partition coefficient (Wildman–Crippen LogP) is 3.57. The highest BCUT2D eigenvalue weighted by atomic mass is 19.4. The Hall–Kier alpha value is -1.55. The van der Waals surface area contributed by atoms with Gasteiger partial charge in [0, 0.05) is 0 Å². The molecule has 0 saturated carbocycles. The van der Waals surface area contributed by atoms with Crippen LogP contribution in [0.3, 0.4) is 0 Å². The van der Waals surface area contributed by atoms with Crippen molar-refractivity contribution in [1.29, 1.82) is 0 Å². The van der Waals surface area contributed by atoms with Crippen LogP contribution < -0.4 is 14.9 Å². The van der Waals surface area contributed by atoms with E-state index in [1.54, 1.807) is 6.07 Å². The molecular weight excluding hydrogens is 362 g/mol. The van der Waals surface area contributed by atoms with Gasteiger partial charge in [0.2, 0.25) is 0 Å². The van der Waals surface area contributed by atoms with Crippen molar-refractivity contribution in [3.05, 3.63) is 18.2 Å². The molecule has 2 rings (SSSR count). The molecule has 1 aromatic carbocycles. The molecule has 0 spiro atoms. The van der Waals surface area contributed by atoms with Crippen molar-refractivity contribution < 1.29 is 40.7 Å². The Morgan fingerprint density at radius 3 is 1.96 bits per heavy atom. The number of benzene rings is 1. The van der Waals surface area contributed by atoms with Crippen molar-refractivity contribution in [2.75, 3.05) is 13.7 Å². The van der Waals surface area contributed by atoms with E-state index in [1.165, 1.54) is 19.2 Å². The zero-order valence-electron chi connectivity index (χ0n) is 15.0. The SMILES string of the molecule is COc1ccc(B2OC(C)(C)C(C)(C)O2)cc1OCC(F)(F)C(F)(F)F. The van der Waals surface area contributed by atoms with Crippen LogP contribution in [0, 0.1) is 0 Å². The zero-order valence-corrected chi connectivity index (χ0v) is 15.0. The standard InChI is InChI=1S/C16H20BF5O4/c1-13(2)14(3,4)26-17(25-13)10-6-7-11(23-5)12(8-10)24-9-15(18,19)16(20,21)22/h6-8H,9H2,1-5H3. The lowest BCUT2D eigenvalue weighted by Crippen LogP contribution is -2.42. The van der Waals surface area contributed by atoms with E-state index in [1.807, 2.05) is 27.7 Å². The smallest absolute Gasteiger partial charge is 0.493 e. The summed E-state index contributed by atoms with van der Waals surface area (Å²) < 4.78 is 84.5. The molecule has 0 unspecified atom stereocenters. The summed E-state index contributed by atoms with van der Waals surface area (Å²) in [6.45, 7) is 5.46. The molecule has 1 aromatic rings. The topological polar surface area (TPSA) is 36.9 Å². The zero-order chi connectivity index (χ0) is 20.0. The Morgan fingerprint density at radius 2 is 1.50 bits per heavy atom. The van der Waals surface area contributed by atoms with Crippen molar-refractivity contribution in [3.63, 3.8) is 0 Å². The average Bonchev–Trinajstić information content (AvgIpc) is 2.72. The molecule has 0 aromatic heterocycles. The lowest BCUT2D eigenvalue weighted by molar-refractivity contribution is -0.290. The minimum atomic E-state index is -5.70. The first kappa shape index (κ1) is 20.8. The lowest BCUT2D eigenvalue weighted by Gasteiger charge is -2.32. The van der Waals surface area contributed by atoms with Gasteiger partial charge in [-0.05, 0) is 45.3 Å². The van der Waals surface area contributed by atoms with Crippen LogP contribution >= 0.6 is 0 Å². The first-order chi connectivity index (χ1) is 11.7. The molecule has 0 atom stereocenters. The van der Waals surface area contributed by atoms with E-state index >= 15 is 0 Å². The van der Waals surface area contributed by atoms with Gasteiger partial charge < -0.3 is 18.8 Å². The Labute approximate surface area is 148 Å². The number of hydrogen-bond donors (Lipinski definition) is 0. The fraction of sp³-hybridized carbons (Fsp3) is 0.625. The molecule has 146 valence electrons. The van der Waals surface area contributed by atoms with Crippen molar-refractivity contribution in [1.82, 2.24) is 0 Å². The number of alkyl halides is 5. The van der Waals surface area contributed by atoms with Gasteiger partial charge in [0.15, 0.2) is 18.1 Å². The fourth-order valence-electron chi connectivity index (χ4n) is 2.18. The van der Waals surface area contributed by atoms with E-state index in [0.29, 0.717) is 5.46 Å². The minimum absolute atomic E-state index is 0.0169. The second-order valence-corrected chi connectivity index (χ2v) is 6.99. The summed E-state index contributed by atoms with van der Waals surface area (Å²) in [5, 5.41) is 0. The molecule has 26 heavy (non-hydrogen) atoms. The normalized spacial score (nSPS) is 19.5. The molecule has 10 heteroatoms. The van der Waals surface area contributed by atoms with E-state index < -0.39 is 37.0 Å². The second kappa shape index (κ2) is 6.56. The first-order valence-electron chi connectivity index (χ1n) is 7.81. The molecule has 1 heterocycles. The van der Waals surface area contributed by atoms with E-state index in [0.717, 1.165) is 0 Å². The highest BCUT2D eigenvalue weighted by Crippen LogP contribution is 2.38. The number of ether oxygens (including phenoxy) is 2. The maximum absolute atomic E-state index is 13.1. The Balaban J connectivity index is 2.25. The summed E-state index contributed by atoms with van der Waals surface area (Å²) in [5.74, 6) is -5.23. The Morgan fingerprint density at radius 1 is 0.962 bits per heavy atom. The van der Waals surface area contributed by atoms with Crippen LogP contribution in [0.25, 0.3) is 0 Å². The highest BCUT2D eigenvalue weighted by Gasteiger charge is 2.58. The average molecular weight is 382 g/mol. The monoisotopic (exact) mass is 382 g/mol. The maximum atomic E-state index is 13.1. The summed E-state index contributed by atoms with van der Waals surface area (Å²) >= 11 is 0. The minimum Gasteiger partial charge on any atom is -0.493 e. The van der Waals surface area contributed by atoms with Crippen LogP contribution in [-0.4, -0.2) is 44.1 Å². The van der Waals surface area contributed by atoms with Gasteiger partial charge in [0.1, 0.15) is 0 Å². The van der Waals surface area contributed by atoms with Gasteiger partial charge in [-0.1, -0.05) is 6.07 Å². The molecule has 0 N–H and O–H groups in total. The first-order valence-corrected chi connectivity index (χ1v) is 7.81. The van der Waals surface area contributed by atoms with Crippen molar-refractivity contribution in [3.8, 4) is 11.5 Å². The molecule has 1 fully saturated rings. The van der Waals surface area contributed by atoms with Crippen molar-refractivity contribution >= 4 is 12.6 Å². The summed E-state index contributed by atoms with van der Waals surface area (Å²) in [6.07, 6.45) is -5.70. The molecule has 0 amide bonds. The maximum Gasteiger partial charge on any atom is 0.494 e. The molecule has 0 bridgehead atoms. The second-order valence-electron chi connectivity index (χ2n) is 6.99. The summed E-state index contributed by atoms with van der Waals surface area (Å²) in [5.41, 5.74) is -0.862. The van der Waals surface area contributed by atoms with Gasteiger partial charge in [-0.3, -0.25) is 0 Å². The Bertz CT molecular complexity index is 645. The van der Waals surface area contributed by atoms with Crippen LogP contribution in [0.4, 0.5) is 22.0 Å². The molecule has 1 saturated heterocycles. The van der Waals surface area contributed by atoms with Crippen LogP contribution in [0.1, 0.15) is 27.7 Å². The van der Waals surface area contributed by atoms with Crippen LogP contribution in [0.5, 0.6) is 11.5 Å². The van der Waals surface area contributed by atoms with Gasteiger partial charge in [-0.2, -0.15) is 22.0 Å².